The number of amides is 1. The van der Waals surface area contributed by atoms with Gasteiger partial charge in [-0.25, -0.2) is 0 Å². The molecule has 1 heterocycles. The second-order valence-electron chi connectivity index (χ2n) is 6.91. The minimum atomic E-state index is -1.01. The van der Waals surface area contributed by atoms with E-state index in [4.69, 9.17) is 5.11 Å². The number of Topliss-reactive ketones (excluding diaryl/α,β-unsaturated/α-hetero) is 1. The summed E-state index contributed by atoms with van der Waals surface area (Å²) < 4.78 is 0. The van der Waals surface area contributed by atoms with E-state index in [1.54, 1.807) is 0 Å². The Morgan fingerprint density at radius 2 is 1.67 bits per heavy atom. The summed E-state index contributed by atoms with van der Waals surface area (Å²) in [5, 5.41) is 11.5. The van der Waals surface area contributed by atoms with Crippen molar-refractivity contribution < 1.29 is 19.5 Å². The highest BCUT2D eigenvalue weighted by Gasteiger charge is 2.46. The molecule has 0 atom stereocenters. The van der Waals surface area contributed by atoms with E-state index in [1.807, 2.05) is 27.8 Å². The Morgan fingerprint density at radius 1 is 1.14 bits per heavy atom. The number of hydrogen-bond acceptors (Lipinski definition) is 4. The molecule has 0 aromatic carbocycles. The van der Waals surface area contributed by atoms with Crippen molar-refractivity contribution in [2.45, 2.75) is 52.0 Å². The number of likely N-dealkylation sites (tertiary alicyclic amines) is 1. The van der Waals surface area contributed by atoms with E-state index < -0.39 is 16.9 Å². The van der Waals surface area contributed by atoms with Crippen molar-refractivity contribution in [1.29, 1.82) is 0 Å². The molecule has 0 aromatic heterocycles. The topological polar surface area (TPSA) is 86.7 Å². The molecule has 1 aliphatic heterocycles. The van der Waals surface area contributed by atoms with E-state index in [9.17, 15) is 14.4 Å². The highest BCUT2D eigenvalue weighted by Crippen LogP contribution is 2.31. The van der Waals surface area contributed by atoms with Crippen LogP contribution in [0.3, 0.4) is 0 Å². The number of piperidine rings is 1. The van der Waals surface area contributed by atoms with Gasteiger partial charge in [0.05, 0.1) is 6.42 Å². The van der Waals surface area contributed by atoms with Crippen LogP contribution in [0.1, 0.15) is 46.5 Å². The van der Waals surface area contributed by atoms with Crippen LogP contribution in [0.5, 0.6) is 0 Å². The van der Waals surface area contributed by atoms with Gasteiger partial charge in [-0.15, -0.1) is 0 Å². The molecule has 6 nitrogen and oxygen atoms in total. The predicted molar refractivity (Wildman–Crippen MR) is 78.9 cm³/mol. The molecule has 0 radical (unpaired) electrons. The maximum absolute atomic E-state index is 12.8. The maximum atomic E-state index is 12.8. The minimum absolute atomic E-state index is 0.0202. The van der Waals surface area contributed by atoms with Crippen molar-refractivity contribution in [2.24, 2.45) is 5.41 Å². The van der Waals surface area contributed by atoms with Crippen LogP contribution in [0.2, 0.25) is 0 Å². The lowest BCUT2D eigenvalue weighted by Gasteiger charge is -2.43. The number of carbonyl (C=O) groups is 3. The van der Waals surface area contributed by atoms with Gasteiger partial charge in [0.25, 0.3) is 0 Å². The molecule has 0 saturated carbocycles. The molecule has 1 amide bonds. The second kappa shape index (κ2) is 6.56. The Morgan fingerprint density at radius 3 is 2.10 bits per heavy atom. The van der Waals surface area contributed by atoms with Gasteiger partial charge in [0.1, 0.15) is 5.54 Å². The van der Waals surface area contributed by atoms with Gasteiger partial charge >= 0.3 is 5.97 Å². The first-order valence-corrected chi connectivity index (χ1v) is 7.33. The fraction of sp³-hybridized carbons (Fsp3) is 0.800. The Balaban J connectivity index is 2.85. The lowest BCUT2D eigenvalue weighted by molar-refractivity contribution is -0.141. The largest absolute Gasteiger partial charge is 0.481 e. The van der Waals surface area contributed by atoms with Crippen LogP contribution in [-0.2, 0) is 14.4 Å². The lowest BCUT2D eigenvalue weighted by atomic mass is 9.73. The van der Waals surface area contributed by atoms with Crippen molar-refractivity contribution in [2.75, 3.05) is 20.1 Å². The molecule has 21 heavy (non-hydrogen) atoms. The fourth-order valence-electron chi connectivity index (χ4n) is 2.68. The lowest BCUT2D eigenvalue weighted by Crippen LogP contribution is -2.62. The van der Waals surface area contributed by atoms with E-state index in [1.165, 1.54) is 0 Å². The van der Waals surface area contributed by atoms with Gasteiger partial charge in [-0.1, -0.05) is 20.8 Å². The zero-order valence-corrected chi connectivity index (χ0v) is 13.4. The van der Waals surface area contributed by atoms with Gasteiger partial charge in [-0.3, -0.25) is 14.4 Å². The SMILES string of the molecule is CN1CCC(NC(=O)CCC(=O)O)(C(=O)C(C)(C)C)CC1. The van der Waals surface area contributed by atoms with Gasteiger partial charge < -0.3 is 15.3 Å². The molecule has 1 saturated heterocycles. The Kier molecular flexibility index (Phi) is 5.50. The molecule has 2 N–H and O–H groups in total. The first kappa shape index (κ1) is 17.6. The average molecular weight is 298 g/mol. The summed E-state index contributed by atoms with van der Waals surface area (Å²) in [5.74, 6) is -1.35. The fourth-order valence-corrected chi connectivity index (χ4v) is 2.68. The molecule has 120 valence electrons. The molecule has 6 heteroatoms. The number of carboxylic acid groups (broad SMARTS) is 1. The summed E-state index contributed by atoms with van der Waals surface area (Å²) in [6, 6.07) is 0. The van der Waals surface area contributed by atoms with Gasteiger partial charge in [0, 0.05) is 24.9 Å². The van der Waals surface area contributed by atoms with E-state index in [-0.39, 0.29) is 24.5 Å². The molecule has 0 aromatic rings. The summed E-state index contributed by atoms with van der Waals surface area (Å²) >= 11 is 0. The maximum Gasteiger partial charge on any atom is 0.303 e. The number of nitrogens with one attached hydrogen (secondary N) is 1. The highest BCUT2D eigenvalue weighted by atomic mass is 16.4. The standard InChI is InChI=1S/C15H26N2O4/c1-14(2,3)13(21)15(7-9-17(4)10-8-15)16-11(18)5-6-12(19)20/h5-10H2,1-4H3,(H,16,18)(H,19,20). The van der Waals surface area contributed by atoms with Crippen LogP contribution in [0, 0.1) is 5.41 Å². The van der Waals surface area contributed by atoms with Gasteiger partial charge in [-0.2, -0.15) is 0 Å². The number of hydrogen-bond donors (Lipinski definition) is 2. The van der Waals surface area contributed by atoms with Crippen LogP contribution in [0.4, 0.5) is 0 Å². The number of aliphatic carboxylic acids is 1. The smallest absolute Gasteiger partial charge is 0.303 e. The quantitative estimate of drug-likeness (QED) is 0.792. The predicted octanol–water partition coefficient (Wildman–Crippen LogP) is 1.05. The summed E-state index contributed by atoms with van der Waals surface area (Å²) in [7, 11) is 1.98. The molecule has 1 rings (SSSR count). The number of ketones is 1. The van der Waals surface area contributed by atoms with Gasteiger partial charge in [-0.05, 0) is 19.9 Å². The van der Waals surface area contributed by atoms with Crippen LogP contribution in [0.25, 0.3) is 0 Å². The van der Waals surface area contributed by atoms with E-state index in [0.717, 1.165) is 13.1 Å². The van der Waals surface area contributed by atoms with Crippen molar-refractivity contribution in [1.82, 2.24) is 10.2 Å². The Hall–Kier alpha value is -1.43. The Labute approximate surface area is 125 Å². The molecule has 0 spiro atoms. The molecule has 0 bridgehead atoms. The van der Waals surface area contributed by atoms with Gasteiger partial charge in [0.15, 0.2) is 5.78 Å². The highest BCUT2D eigenvalue weighted by molar-refractivity contribution is 5.96. The van der Waals surface area contributed by atoms with E-state index in [2.05, 4.69) is 10.2 Å². The third-order valence-electron chi connectivity index (χ3n) is 3.90. The minimum Gasteiger partial charge on any atom is -0.481 e. The summed E-state index contributed by atoms with van der Waals surface area (Å²) in [6.07, 6.45) is 0.826. The van der Waals surface area contributed by atoms with Crippen molar-refractivity contribution in [3.63, 3.8) is 0 Å². The van der Waals surface area contributed by atoms with Crippen molar-refractivity contribution >= 4 is 17.7 Å². The molecule has 0 unspecified atom stereocenters. The third kappa shape index (κ3) is 4.81. The molecule has 0 aliphatic carbocycles. The van der Waals surface area contributed by atoms with Gasteiger partial charge in [0.2, 0.25) is 5.91 Å². The van der Waals surface area contributed by atoms with Crippen molar-refractivity contribution in [3.05, 3.63) is 0 Å². The monoisotopic (exact) mass is 298 g/mol. The molecule has 1 aliphatic rings. The first-order chi connectivity index (χ1) is 9.57. The van der Waals surface area contributed by atoms with Crippen LogP contribution in [0.15, 0.2) is 0 Å². The second-order valence-corrected chi connectivity index (χ2v) is 6.91. The summed E-state index contributed by atoms with van der Waals surface area (Å²) in [5.41, 5.74) is -1.41. The van der Waals surface area contributed by atoms with Crippen LogP contribution >= 0.6 is 0 Å². The summed E-state index contributed by atoms with van der Waals surface area (Å²) in [4.78, 5) is 37.4. The number of carbonyl (C=O) groups excluding carboxylic acids is 2. The van der Waals surface area contributed by atoms with E-state index in [0.29, 0.717) is 12.8 Å². The Bertz CT molecular complexity index is 418. The molecular weight excluding hydrogens is 272 g/mol. The van der Waals surface area contributed by atoms with Crippen LogP contribution in [-0.4, -0.2) is 53.3 Å². The van der Waals surface area contributed by atoms with E-state index >= 15 is 0 Å². The molecule has 1 fully saturated rings. The average Bonchev–Trinajstić information content (AvgIpc) is 2.37. The first-order valence-electron chi connectivity index (χ1n) is 7.33. The number of carboxylic acids is 1. The number of rotatable bonds is 5. The molecular formula is C15H26N2O4. The zero-order valence-electron chi connectivity index (χ0n) is 13.4. The normalized spacial score (nSPS) is 19.0. The third-order valence-corrected chi connectivity index (χ3v) is 3.90. The number of nitrogens with zero attached hydrogens (tertiary/aromatic N) is 1. The zero-order chi connectivity index (χ0) is 16.3. The van der Waals surface area contributed by atoms with Crippen LogP contribution < -0.4 is 5.32 Å². The van der Waals surface area contributed by atoms with Crippen molar-refractivity contribution in [3.8, 4) is 0 Å². The summed E-state index contributed by atoms with van der Waals surface area (Å²) in [6.45, 7) is 7.01.